The van der Waals surface area contributed by atoms with E-state index in [0.29, 0.717) is 0 Å². The van der Waals surface area contributed by atoms with Gasteiger partial charge in [0.1, 0.15) is 36.6 Å². The Bertz CT molecular complexity index is 1390. The average molecular weight is 641 g/mol. The first-order valence-corrected chi connectivity index (χ1v) is 15.6. The van der Waals surface area contributed by atoms with Gasteiger partial charge in [-0.25, -0.2) is 9.59 Å². The van der Waals surface area contributed by atoms with Gasteiger partial charge in [0.25, 0.3) is 0 Å². The number of carbonyl (C=O) groups is 3. The molecule has 0 saturated carbocycles. The third-order valence-corrected chi connectivity index (χ3v) is 8.13. The lowest BCUT2D eigenvalue weighted by Crippen LogP contribution is -2.65. The van der Waals surface area contributed by atoms with E-state index in [2.05, 4.69) is 10.6 Å². The van der Waals surface area contributed by atoms with Crippen LogP contribution in [0.25, 0.3) is 11.1 Å². The number of aliphatic hydroxyl groups excluding tert-OH is 1. The third-order valence-electron chi connectivity index (χ3n) is 8.13. The normalized spacial score (nSPS) is 26.2. The molecule has 2 amide bonds. The highest BCUT2D eigenvalue weighted by Crippen LogP contribution is 2.44. The molecular weight excluding hydrogens is 596 g/mol. The summed E-state index contributed by atoms with van der Waals surface area (Å²) in [6.07, 6.45) is -5.31. The predicted molar refractivity (Wildman–Crippen MR) is 166 cm³/mol. The Morgan fingerprint density at radius 3 is 2.13 bits per heavy atom. The van der Waals surface area contributed by atoms with Crippen molar-refractivity contribution in [2.24, 2.45) is 0 Å². The van der Waals surface area contributed by atoms with Crippen LogP contribution in [-0.2, 0) is 38.0 Å². The molecule has 2 aliphatic heterocycles. The molecule has 0 radical (unpaired) electrons. The number of alkyl carbamates (subject to hydrolysis) is 1. The first-order chi connectivity index (χ1) is 21.7. The van der Waals surface area contributed by atoms with Gasteiger partial charge in [0.15, 0.2) is 18.1 Å². The lowest BCUT2D eigenvalue weighted by molar-refractivity contribution is -0.265. The summed E-state index contributed by atoms with van der Waals surface area (Å²) in [5, 5.41) is 15.5. The molecule has 2 saturated heterocycles. The minimum Gasteiger partial charge on any atom is -0.458 e. The average Bonchev–Trinajstić information content (AvgIpc) is 3.48. The topological polar surface area (TPSA) is 151 Å². The van der Waals surface area contributed by atoms with Crippen LogP contribution in [0.4, 0.5) is 4.79 Å². The molecule has 12 heteroatoms. The van der Waals surface area contributed by atoms with E-state index in [9.17, 15) is 19.5 Å². The highest BCUT2D eigenvalue weighted by molar-refractivity contribution is 5.83. The standard InChI is InChI=1S/C34H44N2O10/c1-18(42-31-27(35-19(2)38)29-28(25(16-37)43-31)44-34(6,7)45-29)26(30(39)46-33(3,4)5)36-32(40)41-17-24-22-14-10-8-12-20(22)21-13-9-11-15-23(21)24/h8-15,18,24-29,31,37H,16-17H2,1-7H3,(H,35,38)(H,36,40)/t18-,25-,26+,27-,28+,29-,31+/m1/s1. The van der Waals surface area contributed by atoms with E-state index < -0.39 is 72.8 Å². The van der Waals surface area contributed by atoms with Crippen LogP contribution in [0.2, 0.25) is 0 Å². The smallest absolute Gasteiger partial charge is 0.407 e. The van der Waals surface area contributed by atoms with Crippen molar-refractivity contribution < 1.29 is 47.9 Å². The first kappa shape index (κ1) is 33.8. The number of hydrogen-bond acceptors (Lipinski definition) is 10. The number of benzene rings is 2. The molecule has 5 rings (SSSR count). The largest absolute Gasteiger partial charge is 0.458 e. The van der Waals surface area contributed by atoms with Crippen molar-refractivity contribution in [3.05, 3.63) is 59.7 Å². The predicted octanol–water partition coefficient (Wildman–Crippen LogP) is 3.38. The maximum Gasteiger partial charge on any atom is 0.407 e. The zero-order chi connectivity index (χ0) is 33.4. The molecular formula is C34H44N2O10. The molecule has 2 aromatic carbocycles. The van der Waals surface area contributed by atoms with E-state index >= 15 is 0 Å². The molecule has 46 heavy (non-hydrogen) atoms. The van der Waals surface area contributed by atoms with Gasteiger partial charge in [0.05, 0.1) is 12.7 Å². The highest BCUT2D eigenvalue weighted by Gasteiger charge is 2.56. The van der Waals surface area contributed by atoms with Crippen LogP contribution in [0.3, 0.4) is 0 Å². The third kappa shape index (κ3) is 7.37. The van der Waals surface area contributed by atoms with Gasteiger partial charge in [-0.2, -0.15) is 0 Å². The molecule has 3 N–H and O–H groups in total. The molecule has 3 aliphatic rings. The number of amides is 2. The van der Waals surface area contributed by atoms with E-state index in [1.165, 1.54) is 6.92 Å². The Morgan fingerprint density at radius 1 is 0.978 bits per heavy atom. The van der Waals surface area contributed by atoms with Crippen molar-refractivity contribution in [3.63, 3.8) is 0 Å². The Kier molecular flexibility index (Phi) is 9.76. The summed E-state index contributed by atoms with van der Waals surface area (Å²) in [6, 6.07) is 13.8. The first-order valence-electron chi connectivity index (χ1n) is 15.6. The van der Waals surface area contributed by atoms with Crippen LogP contribution in [0.15, 0.2) is 48.5 Å². The molecule has 0 bridgehead atoms. The van der Waals surface area contributed by atoms with Gasteiger partial charge in [-0.15, -0.1) is 0 Å². The minimum atomic E-state index is -1.32. The lowest BCUT2D eigenvalue weighted by atomic mass is 9.96. The number of aliphatic hydroxyl groups is 1. The molecule has 2 heterocycles. The number of carbonyl (C=O) groups excluding carboxylic acids is 3. The van der Waals surface area contributed by atoms with Crippen LogP contribution >= 0.6 is 0 Å². The van der Waals surface area contributed by atoms with Crippen LogP contribution in [0.1, 0.15) is 65.5 Å². The van der Waals surface area contributed by atoms with Crippen molar-refractivity contribution in [3.8, 4) is 11.1 Å². The SMILES string of the molecule is CC(=O)N[C@H]1[C@@H](O[C@H](C)[C@H](NC(=O)OCC2c3ccccc3-c3ccccc32)C(=O)OC(C)(C)C)O[C@H](CO)[C@@H]2OC(C)(C)O[C@H]12. The number of nitrogens with one attached hydrogen (secondary N) is 2. The molecule has 12 nitrogen and oxygen atoms in total. The maximum atomic E-state index is 13.4. The zero-order valence-electron chi connectivity index (χ0n) is 27.3. The molecule has 2 fully saturated rings. The van der Waals surface area contributed by atoms with E-state index in [1.807, 2.05) is 48.5 Å². The fourth-order valence-electron chi connectivity index (χ4n) is 6.31. The van der Waals surface area contributed by atoms with E-state index in [4.69, 9.17) is 28.4 Å². The van der Waals surface area contributed by atoms with Crippen LogP contribution < -0.4 is 10.6 Å². The maximum absolute atomic E-state index is 13.4. The van der Waals surface area contributed by atoms with Gasteiger partial charge < -0.3 is 44.2 Å². The number of ether oxygens (including phenoxy) is 6. The van der Waals surface area contributed by atoms with Gasteiger partial charge in [0, 0.05) is 12.8 Å². The molecule has 0 unspecified atom stereocenters. The summed E-state index contributed by atoms with van der Waals surface area (Å²) < 4.78 is 35.7. The lowest BCUT2D eigenvalue weighted by Gasteiger charge is -2.43. The van der Waals surface area contributed by atoms with Gasteiger partial charge in [-0.1, -0.05) is 48.5 Å². The molecule has 7 atom stereocenters. The Hall–Kier alpha value is -3.55. The van der Waals surface area contributed by atoms with E-state index in [0.717, 1.165) is 22.3 Å². The van der Waals surface area contributed by atoms with Gasteiger partial charge >= 0.3 is 12.1 Å². The number of hydrogen-bond donors (Lipinski definition) is 3. The van der Waals surface area contributed by atoms with Crippen molar-refractivity contribution in [2.45, 2.75) is 109 Å². The number of rotatable bonds is 9. The Balaban J connectivity index is 1.33. The zero-order valence-corrected chi connectivity index (χ0v) is 27.3. The van der Waals surface area contributed by atoms with Gasteiger partial charge in [-0.05, 0) is 63.8 Å². The van der Waals surface area contributed by atoms with Crippen molar-refractivity contribution in [2.75, 3.05) is 13.2 Å². The van der Waals surface area contributed by atoms with Crippen LogP contribution in [0.5, 0.6) is 0 Å². The second-order valence-corrected chi connectivity index (χ2v) is 13.3. The monoisotopic (exact) mass is 640 g/mol. The van der Waals surface area contributed by atoms with Crippen molar-refractivity contribution in [1.29, 1.82) is 0 Å². The number of esters is 1. The Labute approximate surface area is 269 Å². The van der Waals surface area contributed by atoms with Gasteiger partial charge in [-0.3, -0.25) is 4.79 Å². The fourth-order valence-corrected chi connectivity index (χ4v) is 6.31. The van der Waals surface area contributed by atoms with Crippen LogP contribution in [-0.4, -0.2) is 90.5 Å². The summed E-state index contributed by atoms with van der Waals surface area (Å²) in [6.45, 7) is 11.1. The summed E-state index contributed by atoms with van der Waals surface area (Å²) in [7, 11) is 0. The van der Waals surface area contributed by atoms with Gasteiger partial charge in [0.2, 0.25) is 5.91 Å². The summed E-state index contributed by atoms with van der Waals surface area (Å²) in [5.41, 5.74) is 3.41. The summed E-state index contributed by atoms with van der Waals surface area (Å²) >= 11 is 0. The second kappa shape index (κ2) is 13.3. The van der Waals surface area contributed by atoms with Crippen molar-refractivity contribution in [1.82, 2.24) is 10.6 Å². The Morgan fingerprint density at radius 2 is 1.57 bits per heavy atom. The molecule has 250 valence electrons. The van der Waals surface area contributed by atoms with E-state index in [-0.39, 0.29) is 18.4 Å². The van der Waals surface area contributed by atoms with E-state index in [1.54, 1.807) is 41.5 Å². The summed E-state index contributed by atoms with van der Waals surface area (Å²) in [4.78, 5) is 38.9. The second-order valence-electron chi connectivity index (χ2n) is 13.3. The fraction of sp³-hybridized carbons (Fsp3) is 0.559. The quantitative estimate of drug-likeness (QED) is 0.348. The summed E-state index contributed by atoms with van der Waals surface area (Å²) in [5.74, 6) is -2.31. The number of fused-ring (bicyclic) bond motifs is 4. The molecule has 0 aromatic heterocycles. The minimum absolute atomic E-state index is 0.0425. The van der Waals surface area contributed by atoms with Crippen molar-refractivity contribution >= 4 is 18.0 Å². The molecule has 0 spiro atoms. The molecule has 2 aromatic rings. The molecule has 1 aliphatic carbocycles. The van der Waals surface area contributed by atoms with Crippen LogP contribution in [0, 0.1) is 0 Å². The highest BCUT2D eigenvalue weighted by atomic mass is 16.8.